The van der Waals surface area contributed by atoms with Crippen LogP contribution < -0.4 is 0 Å². The van der Waals surface area contributed by atoms with Crippen LogP contribution in [0.25, 0.3) is 86.9 Å². The molecule has 0 atom stereocenters. The fourth-order valence-corrected chi connectivity index (χ4v) is 8.33. The maximum Gasteiger partial charge on any atom is 0.0159 e. The lowest BCUT2D eigenvalue weighted by Gasteiger charge is -2.22. The number of benzene rings is 9. The first-order valence-corrected chi connectivity index (χ1v) is 15.9. The Balaban J connectivity index is 1.20. The second-order valence-electron chi connectivity index (χ2n) is 13.3. The van der Waals surface area contributed by atoms with Gasteiger partial charge in [0.15, 0.2) is 0 Å². The van der Waals surface area contributed by atoms with Crippen LogP contribution >= 0.6 is 0 Å². The average molecular weight is 571 g/mol. The highest BCUT2D eigenvalue weighted by molar-refractivity contribution is 6.26. The molecule has 45 heavy (non-hydrogen) atoms. The van der Waals surface area contributed by atoms with Gasteiger partial charge in [-0.3, -0.25) is 0 Å². The van der Waals surface area contributed by atoms with Gasteiger partial charge in [-0.2, -0.15) is 0 Å². The van der Waals surface area contributed by atoms with Crippen LogP contribution in [0.3, 0.4) is 0 Å². The van der Waals surface area contributed by atoms with E-state index in [0.29, 0.717) is 0 Å². The highest BCUT2D eigenvalue weighted by atomic mass is 14.4. The summed E-state index contributed by atoms with van der Waals surface area (Å²) < 4.78 is 0. The van der Waals surface area contributed by atoms with E-state index in [1.54, 1.807) is 0 Å². The first-order chi connectivity index (χ1) is 22.1. The van der Waals surface area contributed by atoms with Crippen LogP contribution in [-0.4, -0.2) is 0 Å². The second-order valence-corrected chi connectivity index (χ2v) is 13.3. The minimum atomic E-state index is 0.00479. The van der Waals surface area contributed by atoms with Gasteiger partial charge in [0, 0.05) is 5.41 Å². The summed E-state index contributed by atoms with van der Waals surface area (Å²) in [6, 6.07) is 54.7. The summed E-state index contributed by atoms with van der Waals surface area (Å²) in [7, 11) is 0. The molecule has 0 saturated carbocycles. The molecule has 0 heteroatoms. The Morgan fingerprint density at radius 3 is 1.49 bits per heavy atom. The summed E-state index contributed by atoms with van der Waals surface area (Å²) in [6.07, 6.45) is 0. The third kappa shape index (κ3) is 3.37. The lowest BCUT2D eigenvalue weighted by molar-refractivity contribution is 0.661. The standard InChI is InChI=1S/C45H30/c1-45(2)43-14-8-7-13-38(43)42-26-40-30(25-44(42)45)19-22-35-36(40)20-17-27-15-16-28(23-39(27)35)29-18-21-37-33-11-4-3-9-31(33)32-10-5-6-12-34(32)41(37)24-29/h3-26H,1-2H3. The maximum atomic E-state index is 2.45. The summed E-state index contributed by atoms with van der Waals surface area (Å²) in [5, 5.41) is 15.7. The zero-order chi connectivity index (χ0) is 29.9. The van der Waals surface area contributed by atoms with E-state index in [0.717, 1.165) is 0 Å². The Bertz CT molecular complexity index is 2690. The molecule has 0 heterocycles. The van der Waals surface area contributed by atoms with Gasteiger partial charge in [0.2, 0.25) is 0 Å². The summed E-state index contributed by atoms with van der Waals surface area (Å²) in [5.74, 6) is 0. The van der Waals surface area contributed by atoms with Crippen LogP contribution in [0.2, 0.25) is 0 Å². The van der Waals surface area contributed by atoms with Crippen LogP contribution in [0.5, 0.6) is 0 Å². The Morgan fingerprint density at radius 1 is 0.311 bits per heavy atom. The van der Waals surface area contributed by atoms with Crippen molar-refractivity contribution in [3.8, 4) is 22.3 Å². The first kappa shape index (κ1) is 24.9. The minimum absolute atomic E-state index is 0.00479. The van der Waals surface area contributed by atoms with Gasteiger partial charge in [-0.15, -0.1) is 0 Å². The van der Waals surface area contributed by atoms with Gasteiger partial charge in [-0.1, -0.05) is 135 Å². The number of rotatable bonds is 1. The van der Waals surface area contributed by atoms with E-state index >= 15 is 0 Å². The Kier molecular flexibility index (Phi) is 4.88. The lowest BCUT2D eigenvalue weighted by atomic mass is 9.81. The minimum Gasteiger partial charge on any atom is -0.0619 e. The molecule has 0 N–H and O–H groups in total. The topological polar surface area (TPSA) is 0 Å². The molecule has 0 unspecified atom stereocenters. The fourth-order valence-electron chi connectivity index (χ4n) is 8.33. The molecule has 0 aromatic heterocycles. The van der Waals surface area contributed by atoms with Crippen molar-refractivity contribution in [3.05, 3.63) is 157 Å². The normalized spacial score (nSPS) is 13.7. The lowest BCUT2D eigenvalue weighted by Crippen LogP contribution is -2.14. The molecular weight excluding hydrogens is 540 g/mol. The van der Waals surface area contributed by atoms with Crippen molar-refractivity contribution in [2.24, 2.45) is 0 Å². The van der Waals surface area contributed by atoms with E-state index in [1.807, 2.05) is 0 Å². The van der Waals surface area contributed by atoms with Crippen molar-refractivity contribution in [2.45, 2.75) is 19.3 Å². The van der Waals surface area contributed by atoms with Crippen molar-refractivity contribution >= 4 is 64.6 Å². The molecule has 0 fully saturated rings. The maximum absolute atomic E-state index is 2.45. The monoisotopic (exact) mass is 570 g/mol. The largest absolute Gasteiger partial charge is 0.0619 e. The molecular formula is C45H30. The number of hydrogen-bond acceptors (Lipinski definition) is 0. The summed E-state index contributed by atoms with van der Waals surface area (Å²) >= 11 is 0. The van der Waals surface area contributed by atoms with Crippen molar-refractivity contribution in [3.63, 3.8) is 0 Å². The van der Waals surface area contributed by atoms with Crippen LogP contribution in [0.4, 0.5) is 0 Å². The van der Waals surface area contributed by atoms with Gasteiger partial charge in [-0.05, 0) is 122 Å². The molecule has 10 rings (SSSR count). The third-order valence-electron chi connectivity index (χ3n) is 10.6. The SMILES string of the molecule is CC1(C)c2ccccc2-c2cc3c(ccc4c5cc(-c6ccc7c8ccccc8c8ccccc8c7c6)ccc5ccc34)cc21. The van der Waals surface area contributed by atoms with Gasteiger partial charge < -0.3 is 0 Å². The molecule has 9 aromatic rings. The molecule has 210 valence electrons. The Hall–Kier alpha value is -5.46. The molecule has 0 amide bonds. The quantitative estimate of drug-likeness (QED) is 0.172. The molecule has 0 bridgehead atoms. The van der Waals surface area contributed by atoms with Gasteiger partial charge in [0.1, 0.15) is 0 Å². The van der Waals surface area contributed by atoms with Crippen LogP contribution in [0, 0.1) is 0 Å². The molecule has 0 aliphatic heterocycles. The number of fused-ring (bicyclic) bond motifs is 14. The van der Waals surface area contributed by atoms with Crippen LogP contribution in [0.1, 0.15) is 25.0 Å². The molecule has 1 aliphatic carbocycles. The van der Waals surface area contributed by atoms with Gasteiger partial charge in [0.05, 0.1) is 0 Å². The van der Waals surface area contributed by atoms with Crippen molar-refractivity contribution in [2.75, 3.05) is 0 Å². The van der Waals surface area contributed by atoms with E-state index in [1.165, 1.54) is 98.0 Å². The average Bonchev–Trinajstić information content (AvgIpc) is 3.32. The summed E-state index contributed by atoms with van der Waals surface area (Å²) in [6.45, 7) is 4.72. The molecule has 0 radical (unpaired) electrons. The third-order valence-corrected chi connectivity index (χ3v) is 10.6. The van der Waals surface area contributed by atoms with Crippen molar-refractivity contribution in [1.82, 2.24) is 0 Å². The predicted molar refractivity (Wildman–Crippen MR) is 194 cm³/mol. The van der Waals surface area contributed by atoms with E-state index < -0.39 is 0 Å². The van der Waals surface area contributed by atoms with Gasteiger partial charge in [-0.25, -0.2) is 0 Å². The molecule has 0 saturated heterocycles. The zero-order valence-corrected chi connectivity index (χ0v) is 25.4. The zero-order valence-electron chi connectivity index (χ0n) is 25.4. The molecule has 9 aromatic carbocycles. The van der Waals surface area contributed by atoms with E-state index in [-0.39, 0.29) is 5.41 Å². The van der Waals surface area contributed by atoms with Gasteiger partial charge in [0.25, 0.3) is 0 Å². The number of hydrogen-bond donors (Lipinski definition) is 0. The van der Waals surface area contributed by atoms with E-state index in [4.69, 9.17) is 0 Å². The Labute approximate surface area is 262 Å². The highest BCUT2D eigenvalue weighted by Gasteiger charge is 2.35. The molecule has 1 aliphatic rings. The van der Waals surface area contributed by atoms with Crippen molar-refractivity contribution < 1.29 is 0 Å². The van der Waals surface area contributed by atoms with E-state index in [9.17, 15) is 0 Å². The van der Waals surface area contributed by atoms with Crippen LogP contribution in [0.15, 0.2) is 146 Å². The predicted octanol–water partition coefficient (Wildman–Crippen LogP) is 12.6. The second kappa shape index (κ2) is 8.80. The highest BCUT2D eigenvalue weighted by Crippen LogP contribution is 2.50. The summed E-state index contributed by atoms with van der Waals surface area (Å²) in [5.41, 5.74) is 8.10. The van der Waals surface area contributed by atoms with Crippen molar-refractivity contribution in [1.29, 1.82) is 0 Å². The smallest absolute Gasteiger partial charge is 0.0159 e. The first-order valence-electron chi connectivity index (χ1n) is 15.9. The molecule has 0 nitrogen and oxygen atoms in total. The fraction of sp³-hybridized carbons (Fsp3) is 0.0667. The van der Waals surface area contributed by atoms with Crippen LogP contribution in [-0.2, 0) is 5.41 Å². The Morgan fingerprint density at radius 2 is 0.778 bits per heavy atom. The van der Waals surface area contributed by atoms with Gasteiger partial charge >= 0.3 is 0 Å². The summed E-state index contributed by atoms with van der Waals surface area (Å²) in [4.78, 5) is 0. The van der Waals surface area contributed by atoms with E-state index in [2.05, 4.69) is 159 Å². The molecule has 0 spiro atoms.